The van der Waals surface area contributed by atoms with Gasteiger partial charge in [0.2, 0.25) is 0 Å². The minimum absolute atomic E-state index is 0.172. The normalized spacial score (nSPS) is 15.8. The molecule has 0 atom stereocenters. The molecule has 4 nitrogen and oxygen atoms in total. The number of aryl methyl sites for hydroxylation is 1. The maximum absolute atomic E-state index is 6.06. The number of hydrogen-bond acceptors (Lipinski definition) is 5. The maximum atomic E-state index is 6.06. The van der Waals surface area contributed by atoms with Crippen LogP contribution in [0.3, 0.4) is 0 Å². The van der Waals surface area contributed by atoms with Crippen molar-refractivity contribution in [2.45, 2.75) is 58.3 Å². The van der Waals surface area contributed by atoms with Crippen molar-refractivity contribution in [3.63, 3.8) is 0 Å². The van der Waals surface area contributed by atoms with E-state index in [4.69, 9.17) is 14.7 Å². The maximum Gasteiger partial charge on any atom is 0.160 e. The molecule has 146 valence electrons. The predicted molar refractivity (Wildman–Crippen MR) is 113 cm³/mol. The van der Waals surface area contributed by atoms with E-state index < -0.39 is 0 Å². The summed E-state index contributed by atoms with van der Waals surface area (Å²) < 4.78 is 6.06. The minimum atomic E-state index is -0.172. The lowest BCUT2D eigenvalue weighted by molar-refractivity contribution is -0.0428. The Morgan fingerprint density at radius 1 is 1.11 bits per heavy atom. The van der Waals surface area contributed by atoms with Gasteiger partial charge in [0.15, 0.2) is 5.82 Å². The molecular formula is C22H31N3OS. The number of hydrogen-bond donors (Lipinski definition) is 0. The molecule has 27 heavy (non-hydrogen) atoms. The van der Waals surface area contributed by atoms with E-state index in [1.807, 2.05) is 11.8 Å². The van der Waals surface area contributed by atoms with Crippen LogP contribution >= 0.6 is 11.8 Å². The molecule has 0 radical (unpaired) electrons. The van der Waals surface area contributed by atoms with Gasteiger partial charge < -0.3 is 9.64 Å². The van der Waals surface area contributed by atoms with E-state index in [-0.39, 0.29) is 5.60 Å². The van der Waals surface area contributed by atoms with Crippen molar-refractivity contribution in [1.29, 1.82) is 0 Å². The first kappa shape index (κ1) is 20.3. The molecule has 5 heteroatoms. The third-order valence-corrected chi connectivity index (χ3v) is 6.10. The molecule has 2 heterocycles. The Hall–Kier alpha value is -1.43. The van der Waals surface area contributed by atoms with Crippen LogP contribution in [-0.4, -0.2) is 45.9 Å². The number of thioether (sulfide) groups is 1. The molecule has 3 rings (SSSR count). The SMILES string of the molecule is CCN(CC)CCSc1nc(-c2ccc(C)cc2)nc2c1COC(C)(C)C2. The van der Waals surface area contributed by atoms with E-state index in [1.165, 1.54) is 11.1 Å². The number of ether oxygens (including phenoxy) is 1. The summed E-state index contributed by atoms with van der Waals surface area (Å²) in [6, 6.07) is 8.48. The molecule has 0 fully saturated rings. The summed E-state index contributed by atoms with van der Waals surface area (Å²) >= 11 is 1.83. The topological polar surface area (TPSA) is 38.2 Å². The van der Waals surface area contributed by atoms with E-state index in [9.17, 15) is 0 Å². The van der Waals surface area contributed by atoms with Gasteiger partial charge in [-0.25, -0.2) is 9.97 Å². The fourth-order valence-corrected chi connectivity index (χ4v) is 4.33. The summed E-state index contributed by atoms with van der Waals surface area (Å²) in [5.74, 6) is 1.86. The highest BCUT2D eigenvalue weighted by Gasteiger charge is 2.30. The molecule has 1 aliphatic rings. The van der Waals surface area contributed by atoms with E-state index in [2.05, 4.69) is 63.8 Å². The smallest absolute Gasteiger partial charge is 0.160 e. The second-order valence-electron chi connectivity index (χ2n) is 7.74. The van der Waals surface area contributed by atoms with Gasteiger partial charge in [0, 0.05) is 29.8 Å². The van der Waals surface area contributed by atoms with Crippen molar-refractivity contribution in [3.05, 3.63) is 41.1 Å². The van der Waals surface area contributed by atoms with E-state index in [1.54, 1.807) is 0 Å². The Labute approximate surface area is 167 Å². The van der Waals surface area contributed by atoms with Crippen LogP contribution < -0.4 is 0 Å². The monoisotopic (exact) mass is 385 g/mol. The molecule has 1 aromatic heterocycles. The molecule has 0 saturated carbocycles. The molecule has 1 aromatic carbocycles. The molecule has 0 unspecified atom stereocenters. The van der Waals surface area contributed by atoms with Crippen LogP contribution in [0.15, 0.2) is 29.3 Å². The molecule has 0 N–H and O–H groups in total. The molecule has 0 aliphatic carbocycles. The quantitative estimate of drug-likeness (QED) is 0.508. The van der Waals surface area contributed by atoms with Gasteiger partial charge in [-0.2, -0.15) is 0 Å². The molecular weight excluding hydrogens is 354 g/mol. The van der Waals surface area contributed by atoms with Gasteiger partial charge in [0.25, 0.3) is 0 Å². The van der Waals surface area contributed by atoms with Crippen molar-refractivity contribution < 1.29 is 4.74 Å². The van der Waals surface area contributed by atoms with Crippen molar-refractivity contribution in [2.75, 3.05) is 25.4 Å². The number of nitrogens with zero attached hydrogens (tertiary/aromatic N) is 3. The van der Waals surface area contributed by atoms with Crippen LogP contribution in [0, 0.1) is 6.92 Å². The standard InChI is InChI=1S/C22H31N3OS/c1-6-25(7-2)12-13-27-21-18-15-26-22(4,5)14-19(18)23-20(24-21)17-10-8-16(3)9-11-17/h8-11H,6-7,12-15H2,1-5H3. The zero-order chi connectivity index (χ0) is 19.4. The highest BCUT2D eigenvalue weighted by atomic mass is 32.2. The molecule has 0 saturated heterocycles. The van der Waals surface area contributed by atoms with Crippen LogP contribution in [0.2, 0.25) is 0 Å². The Morgan fingerprint density at radius 3 is 2.48 bits per heavy atom. The van der Waals surface area contributed by atoms with Gasteiger partial charge in [-0.1, -0.05) is 43.7 Å². The summed E-state index contributed by atoms with van der Waals surface area (Å²) in [6.45, 7) is 14.7. The van der Waals surface area contributed by atoms with Crippen molar-refractivity contribution >= 4 is 11.8 Å². The first-order valence-corrected chi connectivity index (χ1v) is 10.9. The number of fused-ring (bicyclic) bond motifs is 1. The largest absolute Gasteiger partial charge is 0.370 e. The fourth-order valence-electron chi connectivity index (χ4n) is 3.28. The highest BCUT2D eigenvalue weighted by molar-refractivity contribution is 7.99. The van der Waals surface area contributed by atoms with Gasteiger partial charge in [-0.3, -0.25) is 0 Å². The summed E-state index contributed by atoms with van der Waals surface area (Å²) in [6.07, 6.45) is 0.827. The summed E-state index contributed by atoms with van der Waals surface area (Å²) in [4.78, 5) is 12.3. The third kappa shape index (κ3) is 5.09. The first-order valence-electron chi connectivity index (χ1n) is 9.87. The molecule has 0 bridgehead atoms. The van der Waals surface area contributed by atoms with Crippen LogP contribution in [0.1, 0.15) is 44.5 Å². The summed E-state index contributed by atoms with van der Waals surface area (Å²) in [5, 5.41) is 1.08. The van der Waals surface area contributed by atoms with Gasteiger partial charge in [0.1, 0.15) is 5.03 Å². The van der Waals surface area contributed by atoms with Crippen LogP contribution in [0.5, 0.6) is 0 Å². The van der Waals surface area contributed by atoms with Crippen LogP contribution in [-0.2, 0) is 17.8 Å². The second kappa shape index (κ2) is 8.72. The molecule has 1 aliphatic heterocycles. The third-order valence-electron chi connectivity index (χ3n) is 5.11. The van der Waals surface area contributed by atoms with Gasteiger partial charge in [-0.15, -0.1) is 11.8 Å². The van der Waals surface area contributed by atoms with Crippen molar-refractivity contribution in [2.24, 2.45) is 0 Å². The van der Waals surface area contributed by atoms with Gasteiger partial charge in [-0.05, 0) is 33.9 Å². The first-order chi connectivity index (χ1) is 12.9. The lowest BCUT2D eigenvalue weighted by atomic mass is 9.96. The predicted octanol–water partition coefficient (Wildman–Crippen LogP) is 4.74. The number of rotatable bonds is 7. The molecule has 0 spiro atoms. The Morgan fingerprint density at radius 2 is 1.81 bits per heavy atom. The van der Waals surface area contributed by atoms with Gasteiger partial charge in [0.05, 0.1) is 17.9 Å². The average Bonchev–Trinajstić information content (AvgIpc) is 2.64. The lowest BCUT2D eigenvalue weighted by Gasteiger charge is -2.32. The molecule has 0 amide bonds. The highest BCUT2D eigenvalue weighted by Crippen LogP contribution is 2.34. The number of aromatic nitrogens is 2. The molecule has 2 aromatic rings. The Kier molecular flexibility index (Phi) is 6.56. The van der Waals surface area contributed by atoms with E-state index in [0.29, 0.717) is 6.61 Å². The summed E-state index contributed by atoms with van der Waals surface area (Å²) in [7, 11) is 0. The second-order valence-corrected chi connectivity index (χ2v) is 8.83. The van der Waals surface area contributed by atoms with Crippen molar-refractivity contribution in [1.82, 2.24) is 14.9 Å². The zero-order valence-corrected chi connectivity index (χ0v) is 18.0. The Bertz CT molecular complexity index is 770. The fraction of sp³-hybridized carbons (Fsp3) is 0.545. The number of benzene rings is 1. The van der Waals surface area contributed by atoms with Crippen molar-refractivity contribution in [3.8, 4) is 11.4 Å². The van der Waals surface area contributed by atoms with E-state index >= 15 is 0 Å². The average molecular weight is 386 g/mol. The summed E-state index contributed by atoms with van der Waals surface area (Å²) in [5.41, 5.74) is 4.48. The van der Waals surface area contributed by atoms with Crippen LogP contribution in [0.25, 0.3) is 11.4 Å². The van der Waals surface area contributed by atoms with Crippen LogP contribution in [0.4, 0.5) is 0 Å². The minimum Gasteiger partial charge on any atom is -0.370 e. The lowest BCUT2D eigenvalue weighted by Crippen LogP contribution is -2.33. The van der Waals surface area contributed by atoms with E-state index in [0.717, 1.165) is 53.9 Å². The van der Waals surface area contributed by atoms with Gasteiger partial charge >= 0.3 is 0 Å². The zero-order valence-electron chi connectivity index (χ0n) is 17.2. The Balaban J connectivity index is 1.90.